The van der Waals surface area contributed by atoms with Crippen molar-refractivity contribution < 1.29 is 9.53 Å². The number of Topliss-reactive ketones (excluding diaryl/α,β-unsaturated/α-hetero) is 1. The molecule has 4 heteroatoms. The van der Waals surface area contributed by atoms with Crippen LogP contribution in [-0.2, 0) is 16.8 Å². The van der Waals surface area contributed by atoms with Gasteiger partial charge < -0.3 is 4.74 Å². The fourth-order valence-electron chi connectivity index (χ4n) is 3.46. The van der Waals surface area contributed by atoms with Crippen LogP contribution in [0, 0.1) is 5.41 Å². The highest BCUT2D eigenvalue weighted by Crippen LogP contribution is 2.46. The second kappa shape index (κ2) is 5.16. The number of fused-ring (bicyclic) bond motifs is 1. The van der Waals surface area contributed by atoms with E-state index in [1.807, 2.05) is 0 Å². The van der Waals surface area contributed by atoms with E-state index >= 15 is 0 Å². The standard InChI is InChI=1S/C17H24N2O2/c1-16(2)7-9-17(21-3,10-8-16)15-18-11-12-13(19-15)5-4-6-14(12)20/h11H,4-10H2,1-3H3. The minimum Gasteiger partial charge on any atom is -0.370 e. The van der Waals surface area contributed by atoms with E-state index in [0.29, 0.717) is 17.4 Å². The second-order valence-electron chi connectivity index (χ2n) is 7.19. The number of hydrogen-bond acceptors (Lipinski definition) is 4. The molecule has 0 atom stereocenters. The molecular weight excluding hydrogens is 264 g/mol. The van der Waals surface area contributed by atoms with E-state index in [2.05, 4.69) is 18.8 Å². The summed E-state index contributed by atoms with van der Waals surface area (Å²) in [5.74, 6) is 0.952. The number of aromatic nitrogens is 2. The maximum atomic E-state index is 11.9. The summed E-state index contributed by atoms with van der Waals surface area (Å²) in [5.41, 5.74) is 1.63. The topological polar surface area (TPSA) is 52.1 Å². The number of carbonyl (C=O) groups excluding carboxylic acids is 1. The summed E-state index contributed by atoms with van der Waals surface area (Å²) < 4.78 is 5.87. The molecule has 0 N–H and O–H groups in total. The average molecular weight is 288 g/mol. The van der Waals surface area contributed by atoms with Crippen LogP contribution in [0.3, 0.4) is 0 Å². The molecule has 0 radical (unpaired) electrons. The van der Waals surface area contributed by atoms with E-state index in [4.69, 9.17) is 9.72 Å². The van der Waals surface area contributed by atoms with Crippen molar-refractivity contribution in [2.75, 3.05) is 7.11 Å². The highest BCUT2D eigenvalue weighted by molar-refractivity contribution is 5.97. The minimum absolute atomic E-state index is 0.180. The lowest BCUT2D eigenvalue weighted by Gasteiger charge is -2.41. The van der Waals surface area contributed by atoms with E-state index in [1.54, 1.807) is 13.3 Å². The van der Waals surface area contributed by atoms with E-state index in [0.717, 1.165) is 50.0 Å². The third-order valence-electron chi connectivity index (χ3n) is 5.20. The van der Waals surface area contributed by atoms with Gasteiger partial charge in [-0.25, -0.2) is 9.97 Å². The number of hydrogen-bond donors (Lipinski definition) is 0. The molecule has 0 aliphatic heterocycles. The summed E-state index contributed by atoms with van der Waals surface area (Å²) in [5, 5.41) is 0. The molecule has 0 unspecified atom stereocenters. The summed E-state index contributed by atoms with van der Waals surface area (Å²) in [6.45, 7) is 4.61. The summed E-state index contributed by atoms with van der Waals surface area (Å²) >= 11 is 0. The van der Waals surface area contributed by atoms with Crippen LogP contribution in [0.1, 0.15) is 74.2 Å². The first kappa shape index (κ1) is 14.6. The Labute approximate surface area is 126 Å². The Morgan fingerprint density at radius 2 is 1.86 bits per heavy atom. The number of ether oxygens (including phenoxy) is 1. The third kappa shape index (κ3) is 2.61. The SMILES string of the molecule is COC1(c2ncc3c(n2)CCCC3=O)CCC(C)(C)CC1. The Morgan fingerprint density at radius 3 is 2.52 bits per heavy atom. The number of rotatable bonds is 2. The van der Waals surface area contributed by atoms with Gasteiger partial charge in [0, 0.05) is 19.7 Å². The van der Waals surface area contributed by atoms with Crippen LogP contribution in [-0.4, -0.2) is 22.9 Å². The molecule has 2 aliphatic rings. The number of nitrogens with zero attached hydrogens (tertiary/aromatic N) is 2. The second-order valence-corrected chi connectivity index (χ2v) is 7.19. The number of ketones is 1. The first-order valence-corrected chi connectivity index (χ1v) is 7.91. The van der Waals surface area contributed by atoms with Gasteiger partial charge in [0.1, 0.15) is 5.60 Å². The van der Waals surface area contributed by atoms with Crippen molar-refractivity contribution in [2.24, 2.45) is 5.41 Å². The van der Waals surface area contributed by atoms with E-state index in [9.17, 15) is 4.79 Å². The quantitative estimate of drug-likeness (QED) is 0.836. The Morgan fingerprint density at radius 1 is 1.14 bits per heavy atom. The molecule has 1 heterocycles. The predicted octanol–water partition coefficient (Wildman–Crippen LogP) is 3.44. The van der Waals surface area contributed by atoms with E-state index in [1.165, 1.54) is 0 Å². The molecular formula is C17H24N2O2. The van der Waals surface area contributed by atoms with E-state index < -0.39 is 0 Å². The summed E-state index contributed by atoms with van der Waals surface area (Å²) in [6, 6.07) is 0. The molecule has 0 saturated heterocycles. The molecule has 0 spiro atoms. The molecule has 4 nitrogen and oxygen atoms in total. The van der Waals surface area contributed by atoms with Crippen LogP contribution in [0.4, 0.5) is 0 Å². The summed E-state index contributed by atoms with van der Waals surface area (Å²) in [7, 11) is 1.76. The molecule has 0 aromatic carbocycles. The zero-order chi connectivity index (χ0) is 15.1. The van der Waals surface area contributed by atoms with Crippen LogP contribution in [0.15, 0.2) is 6.20 Å². The molecule has 1 aromatic heterocycles. The van der Waals surface area contributed by atoms with Crippen LogP contribution >= 0.6 is 0 Å². The highest BCUT2D eigenvalue weighted by atomic mass is 16.5. The smallest absolute Gasteiger partial charge is 0.166 e. The predicted molar refractivity (Wildman–Crippen MR) is 80.2 cm³/mol. The molecule has 2 aliphatic carbocycles. The van der Waals surface area contributed by atoms with Crippen molar-refractivity contribution in [2.45, 2.75) is 64.4 Å². The van der Waals surface area contributed by atoms with Gasteiger partial charge in [-0.05, 0) is 43.9 Å². The molecule has 21 heavy (non-hydrogen) atoms. The number of carbonyl (C=O) groups is 1. The van der Waals surface area contributed by atoms with Crippen molar-refractivity contribution in [3.63, 3.8) is 0 Å². The van der Waals surface area contributed by atoms with Gasteiger partial charge in [0.25, 0.3) is 0 Å². The summed E-state index contributed by atoms with van der Waals surface area (Å²) in [4.78, 5) is 21.1. The van der Waals surface area contributed by atoms with Crippen LogP contribution in [0.5, 0.6) is 0 Å². The van der Waals surface area contributed by atoms with Crippen LogP contribution < -0.4 is 0 Å². The van der Waals surface area contributed by atoms with Gasteiger partial charge in [-0.3, -0.25) is 4.79 Å². The fourth-order valence-corrected chi connectivity index (χ4v) is 3.46. The van der Waals surface area contributed by atoms with Crippen molar-refractivity contribution in [3.05, 3.63) is 23.3 Å². The van der Waals surface area contributed by atoms with Crippen LogP contribution in [0.2, 0.25) is 0 Å². The first-order chi connectivity index (χ1) is 9.96. The number of aryl methyl sites for hydroxylation is 1. The van der Waals surface area contributed by atoms with Gasteiger partial charge in [-0.2, -0.15) is 0 Å². The van der Waals surface area contributed by atoms with Gasteiger partial charge in [0.15, 0.2) is 11.6 Å². The highest BCUT2D eigenvalue weighted by Gasteiger charge is 2.42. The Balaban J connectivity index is 1.93. The van der Waals surface area contributed by atoms with Gasteiger partial charge in [-0.15, -0.1) is 0 Å². The molecule has 1 aromatic rings. The zero-order valence-corrected chi connectivity index (χ0v) is 13.2. The minimum atomic E-state index is -0.370. The normalized spacial score (nSPS) is 23.7. The Hall–Kier alpha value is -1.29. The largest absolute Gasteiger partial charge is 0.370 e. The number of methoxy groups -OCH3 is 1. The van der Waals surface area contributed by atoms with Crippen molar-refractivity contribution in [1.29, 1.82) is 0 Å². The fraction of sp³-hybridized carbons (Fsp3) is 0.706. The zero-order valence-electron chi connectivity index (χ0n) is 13.2. The van der Waals surface area contributed by atoms with Gasteiger partial charge in [0.05, 0.1) is 11.3 Å². The molecule has 3 rings (SSSR count). The van der Waals surface area contributed by atoms with Crippen molar-refractivity contribution in [1.82, 2.24) is 9.97 Å². The lowest BCUT2D eigenvalue weighted by molar-refractivity contribution is -0.0731. The average Bonchev–Trinajstić information content (AvgIpc) is 2.48. The van der Waals surface area contributed by atoms with Crippen molar-refractivity contribution >= 4 is 5.78 Å². The summed E-state index contributed by atoms with van der Waals surface area (Å²) in [6.07, 6.45) is 8.24. The Kier molecular flexibility index (Phi) is 3.60. The van der Waals surface area contributed by atoms with Crippen molar-refractivity contribution in [3.8, 4) is 0 Å². The molecule has 1 saturated carbocycles. The third-order valence-corrected chi connectivity index (χ3v) is 5.20. The Bertz CT molecular complexity index is 556. The lowest BCUT2D eigenvalue weighted by Crippen LogP contribution is -2.38. The lowest BCUT2D eigenvalue weighted by atomic mass is 9.70. The van der Waals surface area contributed by atoms with Crippen LogP contribution in [0.25, 0.3) is 0 Å². The maximum absolute atomic E-state index is 11.9. The van der Waals surface area contributed by atoms with Gasteiger partial charge in [0.2, 0.25) is 0 Å². The maximum Gasteiger partial charge on any atom is 0.166 e. The van der Waals surface area contributed by atoms with Gasteiger partial charge >= 0.3 is 0 Å². The molecule has 0 bridgehead atoms. The molecule has 0 amide bonds. The molecule has 114 valence electrons. The monoisotopic (exact) mass is 288 g/mol. The first-order valence-electron chi connectivity index (χ1n) is 7.91. The van der Waals surface area contributed by atoms with E-state index in [-0.39, 0.29) is 11.4 Å². The molecule has 1 fully saturated rings. The van der Waals surface area contributed by atoms with Gasteiger partial charge in [-0.1, -0.05) is 13.8 Å².